The van der Waals surface area contributed by atoms with Crippen molar-refractivity contribution in [3.8, 4) is 11.5 Å². The molecule has 0 aromatic carbocycles. The monoisotopic (exact) mass is 235 g/mol. The number of aryl methyl sites for hydroxylation is 1. The molecule has 16 heavy (non-hydrogen) atoms. The average molecular weight is 236 g/mol. The first kappa shape index (κ1) is 10.8. The highest BCUT2D eigenvalue weighted by molar-refractivity contribution is 6.16. The number of pyridine rings is 1. The Hall–Kier alpha value is -1.68. The summed E-state index contributed by atoms with van der Waals surface area (Å²) in [4.78, 5) is 22.3. The van der Waals surface area contributed by atoms with Crippen molar-refractivity contribution in [3.05, 3.63) is 46.0 Å². The van der Waals surface area contributed by atoms with E-state index in [0.717, 1.165) is 5.56 Å². The highest BCUT2D eigenvalue weighted by Gasteiger charge is 2.04. The lowest BCUT2D eigenvalue weighted by atomic mass is 10.2. The van der Waals surface area contributed by atoms with Crippen LogP contribution in [-0.4, -0.2) is 15.0 Å². The molecule has 4 nitrogen and oxygen atoms in total. The molecule has 2 heterocycles. The second kappa shape index (κ2) is 4.45. The molecule has 0 saturated carbocycles. The fraction of sp³-hybridized carbons (Fsp3) is 0.182. The van der Waals surface area contributed by atoms with Crippen molar-refractivity contribution in [1.82, 2.24) is 15.0 Å². The van der Waals surface area contributed by atoms with Gasteiger partial charge in [0.15, 0.2) is 5.82 Å². The van der Waals surface area contributed by atoms with Crippen molar-refractivity contribution < 1.29 is 0 Å². The van der Waals surface area contributed by atoms with Gasteiger partial charge in [0.1, 0.15) is 5.69 Å². The topological polar surface area (TPSA) is 58.6 Å². The third-order valence-corrected chi connectivity index (χ3v) is 2.36. The summed E-state index contributed by atoms with van der Waals surface area (Å²) in [6.07, 6.45) is 1.68. The van der Waals surface area contributed by atoms with Crippen molar-refractivity contribution in [3.63, 3.8) is 0 Å². The average Bonchev–Trinajstić information content (AvgIpc) is 2.28. The van der Waals surface area contributed by atoms with Crippen LogP contribution in [0.5, 0.6) is 0 Å². The first-order valence-electron chi connectivity index (χ1n) is 4.78. The Kier molecular flexibility index (Phi) is 3.01. The standard InChI is InChI=1S/C11H10ClN3O/c1-7-2-3-13-9(4-7)11-14-8(6-12)5-10(16)15-11/h2-5H,6H2,1H3,(H,14,15,16). The Morgan fingerprint density at radius 1 is 1.44 bits per heavy atom. The summed E-state index contributed by atoms with van der Waals surface area (Å²) in [5.41, 5.74) is 2.03. The van der Waals surface area contributed by atoms with E-state index in [0.29, 0.717) is 17.2 Å². The second-order valence-electron chi connectivity index (χ2n) is 3.44. The predicted octanol–water partition coefficient (Wildman–Crippen LogP) is 1.88. The maximum Gasteiger partial charge on any atom is 0.251 e. The first-order valence-corrected chi connectivity index (χ1v) is 5.32. The van der Waals surface area contributed by atoms with E-state index in [1.165, 1.54) is 6.07 Å². The number of rotatable bonds is 2. The summed E-state index contributed by atoms with van der Waals surface area (Å²) in [6, 6.07) is 5.12. The van der Waals surface area contributed by atoms with E-state index in [1.807, 2.05) is 19.1 Å². The Morgan fingerprint density at radius 3 is 2.94 bits per heavy atom. The zero-order valence-corrected chi connectivity index (χ0v) is 9.45. The van der Waals surface area contributed by atoms with Gasteiger partial charge in [-0.05, 0) is 24.6 Å². The first-order chi connectivity index (χ1) is 7.69. The maximum atomic E-state index is 11.3. The lowest BCUT2D eigenvalue weighted by molar-refractivity contribution is 1.04. The van der Waals surface area contributed by atoms with E-state index in [1.54, 1.807) is 6.20 Å². The van der Waals surface area contributed by atoms with Gasteiger partial charge in [-0.15, -0.1) is 11.6 Å². The fourth-order valence-electron chi connectivity index (χ4n) is 1.36. The molecule has 0 unspecified atom stereocenters. The number of aromatic amines is 1. The molecule has 0 spiro atoms. The van der Waals surface area contributed by atoms with E-state index in [4.69, 9.17) is 11.6 Å². The zero-order chi connectivity index (χ0) is 11.5. The third kappa shape index (κ3) is 2.28. The Bertz CT molecular complexity index is 565. The van der Waals surface area contributed by atoms with Crippen molar-refractivity contribution in [2.24, 2.45) is 0 Å². The molecule has 0 fully saturated rings. The van der Waals surface area contributed by atoms with Crippen molar-refractivity contribution in [2.45, 2.75) is 12.8 Å². The minimum absolute atomic E-state index is 0.211. The van der Waals surface area contributed by atoms with Crippen LogP contribution in [0.25, 0.3) is 11.5 Å². The van der Waals surface area contributed by atoms with Crippen LogP contribution in [0.3, 0.4) is 0 Å². The van der Waals surface area contributed by atoms with E-state index in [2.05, 4.69) is 15.0 Å². The van der Waals surface area contributed by atoms with Gasteiger partial charge in [-0.2, -0.15) is 0 Å². The third-order valence-electron chi connectivity index (χ3n) is 2.09. The van der Waals surface area contributed by atoms with Crippen LogP contribution in [0.1, 0.15) is 11.3 Å². The maximum absolute atomic E-state index is 11.3. The lowest BCUT2D eigenvalue weighted by Crippen LogP contribution is -2.10. The van der Waals surface area contributed by atoms with Gasteiger partial charge in [0.05, 0.1) is 11.6 Å². The van der Waals surface area contributed by atoms with Crippen LogP contribution in [0, 0.1) is 6.92 Å². The number of nitrogens with zero attached hydrogens (tertiary/aromatic N) is 2. The van der Waals surface area contributed by atoms with Crippen molar-refractivity contribution >= 4 is 11.6 Å². The van der Waals surface area contributed by atoms with Crippen LogP contribution in [0.15, 0.2) is 29.2 Å². The van der Waals surface area contributed by atoms with Gasteiger partial charge >= 0.3 is 0 Å². The summed E-state index contributed by atoms with van der Waals surface area (Å²) < 4.78 is 0. The van der Waals surface area contributed by atoms with E-state index >= 15 is 0 Å². The fourth-order valence-corrected chi connectivity index (χ4v) is 1.50. The molecule has 0 aliphatic carbocycles. The molecule has 0 saturated heterocycles. The number of halogens is 1. The molecular formula is C11H10ClN3O. The Labute approximate surface area is 97.3 Å². The summed E-state index contributed by atoms with van der Waals surface area (Å²) in [7, 11) is 0. The molecule has 0 amide bonds. The molecule has 5 heteroatoms. The normalized spacial score (nSPS) is 10.4. The van der Waals surface area contributed by atoms with Gasteiger partial charge < -0.3 is 4.98 Å². The number of aromatic nitrogens is 3. The molecular weight excluding hydrogens is 226 g/mol. The number of alkyl halides is 1. The summed E-state index contributed by atoms with van der Waals surface area (Å²) in [5.74, 6) is 0.662. The van der Waals surface area contributed by atoms with Gasteiger partial charge in [-0.25, -0.2) is 4.98 Å². The van der Waals surface area contributed by atoms with Crippen LogP contribution in [0.4, 0.5) is 0 Å². The molecule has 0 atom stereocenters. The number of nitrogens with one attached hydrogen (secondary N) is 1. The number of hydrogen-bond donors (Lipinski definition) is 1. The lowest BCUT2D eigenvalue weighted by Gasteiger charge is -2.02. The molecule has 1 N–H and O–H groups in total. The van der Waals surface area contributed by atoms with Gasteiger partial charge in [0.2, 0.25) is 0 Å². The molecule has 82 valence electrons. The SMILES string of the molecule is Cc1ccnc(-c2nc(CCl)cc(=O)[nH]2)c1. The van der Waals surface area contributed by atoms with Crippen LogP contribution >= 0.6 is 11.6 Å². The Morgan fingerprint density at radius 2 is 2.25 bits per heavy atom. The molecule has 0 aliphatic heterocycles. The molecule has 0 aliphatic rings. The largest absolute Gasteiger partial charge is 0.305 e. The van der Waals surface area contributed by atoms with Crippen molar-refractivity contribution in [2.75, 3.05) is 0 Å². The summed E-state index contributed by atoms with van der Waals surface area (Å²) >= 11 is 5.65. The van der Waals surface area contributed by atoms with Gasteiger partial charge in [-0.1, -0.05) is 0 Å². The molecule has 0 radical (unpaired) electrons. The number of hydrogen-bond acceptors (Lipinski definition) is 3. The minimum atomic E-state index is -0.219. The minimum Gasteiger partial charge on any atom is -0.305 e. The van der Waals surface area contributed by atoms with E-state index < -0.39 is 0 Å². The molecule has 2 aromatic rings. The highest BCUT2D eigenvalue weighted by Crippen LogP contribution is 2.12. The summed E-state index contributed by atoms with van der Waals surface area (Å²) in [5, 5.41) is 0. The van der Waals surface area contributed by atoms with Crippen LogP contribution in [0.2, 0.25) is 0 Å². The molecule has 2 aromatic heterocycles. The molecule has 2 rings (SSSR count). The van der Waals surface area contributed by atoms with Gasteiger partial charge in [0.25, 0.3) is 5.56 Å². The van der Waals surface area contributed by atoms with E-state index in [-0.39, 0.29) is 11.4 Å². The smallest absolute Gasteiger partial charge is 0.251 e. The van der Waals surface area contributed by atoms with Crippen molar-refractivity contribution in [1.29, 1.82) is 0 Å². The quantitative estimate of drug-likeness (QED) is 0.809. The van der Waals surface area contributed by atoms with E-state index in [9.17, 15) is 4.79 Å². The summed E-state index contributed by atoms with van der Waals surface area (Å²) in [6.45, 7) is 1.95. The van der Waals surface area contributed by atoms with Gasteiger partial charge in [-0.3, -0.25) is 9.78 Å². The van der Waals surface area contributed by atoms with Crippen LogP contribution < -0.4 is 5.56 Å². The highest BCUT2D eigenvalue weighted by atomic mass is 35.5. The molecule has 0 bridgehead atoms. The van der Waals surface area contributed by atoms with Gasteiger partial charge in [0, 0.05) is 12.3 Å². The zero-order valence-electron chi connectivity index (χ0n) is 8.70. The Balaban J connectivity index is 2.55. The van der Waals surface area contributed by atoms with Crippen LogP contribution in [-0.2, 0) is 5.88 Å². The second-order valence-corrected chi connectivity index (χ2v) is 3.70. The predicted molar refractivity (Wildman–Crippen MR) is 62.4 cm³/mol. The number of H-pyrrole nitrogens is 1.